The minimum atomic E-state index is -0.397. The SMILES string of the molecule is Fc1cc(CCl)cc(OCc2ccc(F)cc2Br)c1. The molecule has 1 nitrogen and oxygen atoms in total. The third-order valence-electron chi connectivity index (χ3n) is 2.49. The van der Waals surface area contributed by atoms with Gasteiger partial charge in [0.25, 0.3) is 0 Å². The summed E-state index contributed by atoms with van der Waals surface area (Å²) < 4.78 is 32.3. The van der Waals surface area contributed by atoms with Crippen molar-refractivity contribution in [1.29, 1.82) is 0 Å². The Morgan fingerprint density at radius 1 is 1.05 bits per heavy atom. The molecule has 5 heteroatoms. The maximum Gasteiger partial charge on any atom is 0.127 e. The Morgan fingerprint density at radius 2 is 1.84 bits per heavy atom. The Bertz CT molecular complexity index is 590. The van der Waals surface area contributed by atoms with Crippen LogP contribution in [0.4, 0.5) is 8.78 Å². The van der Waals surface area contributed by atoms with E-state index in [4.69, 9.17) is 16.3 Å². The molecule has 100 valence electrons. The van der Waals surface area contributed by atoms with Crippen molar-refractivity contribution in [3.05, 3.63) is 63.6 Å². The highest BCUT2D eigenvalue weighted by Crippen LogP contribution is 2.22. The Hall–Kier alpha value is -1.13. The third-order valence-corrected chi connectivity index (χ3v) is 3.54. The van der Waals surface area contributed by atoms with Gasteiger partial charge in [-0.3, -0.25) is 0 Å². The number of rotatable bonds is 4. The molecule has 2 aromatic rings. The van der Waals surface area contributed by atoms with Crippen LogP contribution in [0.25, 0.3) is 0 Å². The number of hydrogen-bond acceptors (Lipinski definition) is 1. The van der Waals surface area contributed by atoms with Gasteiger partial charge in [-0.05, 0) is 29.8 Å². The predicted molar refractivity (Wildman–Crippen MR) is 74.4 cm³/mol. The van der Waals surface area contributed by atoms with Gasteiger partial charge in [0.15, 0.2) is 0 Å². The zero-order valence-corrected chi connectivity index (χ0v) is 12.1. The van der Waals surface area contributed by atoms with E-state index < -0.39 is 5.82 Å². The highest BCUT2D eigenvalue weighted by molar-refractivity contribution is 9.10. The lowest BCUT2D eigenvalue weighted by atomic mass is 10.2. The summed E-state index contributed by atoms with van der Waals surface area (Å²) in [4.78, 5) is 0. The summed E-state index contributed by atoms with van der Waals surface area (Å²) in [7, 11) is 0. The van der Waals surface area contributed by atoms with E-state index in [0.717, 1.165) is 5.56 Å². The summed E-state index contributed by atoms with van der Waals surface area (Å²) in [6, 6.07) is 8.63. The molecule has 0 bridgehead atoms. The Labute approximate surface area is 123 Å². The average molecular weight is 348 g/mol. The average Bonchev–Trinajstić information content (AvgIpc) is 2.37. The minimum Gasteiger partial charge on any atom is -0.489 e. The van der Waals surface area contributed by atoms with E-state index in [1.807, 2.05) is 0 Å². The van der Waals surface area contributed by atoms with Crippen molar-refractivity contribution in [2.45, 2.75) is 12.5 Å². The van der Waals surface area contributed by atoms with Crippen LogP contribution in [0.2, 0.25) is 0 Å². The molecule has 0 atom stereocenters. The summed E-state index contributed by atoms with van der Waals surface area (Å²) in [5, 5.41) is 0. The zero-order valence-electron chi connectivity index (χ0n) is 9.80. The molecular weight excluding hydrogens is 338 g/mol. The number of halogens is 4. The van der Waals surface area contributed by atoms with Gasteiger partial charge in [-0.15, -0.1) is 11.6 Å². The molecular formula is C14H10BrClF2O. The van der Waals surface area contributed by atoms with Gasteiger partial charge in [-0.25, -0.2) is 8.78 Å². The monoisotopic (exact) mass is 346 g/mol. The molecule has 0 radical (unpaired) electrons. The van der Waals surface area contributed by atoms with E-state index in [9.17, 15) is 8.78 Å². The van der Waals surface area contributed by atoms with Crippen LogP contribution >= 0.6 is 27.5 Å². The van der Waals surface area contributed by atoms with Gasteiger partial charge in [0.1, 0.15) is 24.0 Å². The van der Waals surface area contributed by atoms with E-state index in [1.165, 1.54) is 24.3 Å². The second-order valence-electron chi connectivity index (χ2n) is 3.95. The molecule has 0 saturated heterocycles. The van der Waals surface area contributed by atoms with Crippen LogP contribution in [-0.4, -0.2) is 0 Å². The van der Waals surface area contributed by atoms with Gasteiger partial charge in [0.05, 0.1) is 0 Å². The smallest absolute Gasteiger partial charge is 0.127 e. The molecule has 0 spiro atoms. The number of alkyl halides is 1. The van der Waals surface area contributed by atoms with E-state index in [1.54, 1.807) is 12.1 Å². The van der Waals surface area contributed by atoms with Crippen molar-refractivity contribution in [2.75, 3.05) is 0 Å². The number of ether oxygens (including phenoxy) is 1. The first-order valence-electron chi connectivity index (χ1n) is 5.50. The second kappa shape index (κ2) is 6.35. The van der Waals surface area contributed by atoms with E-state index in [-0.39, 0.29) is 18.3 Å². The van der Waals surface area contributed by atoms with Crippen LogP contribution < -0.4 is 4.74 Å². The lowest BCUT2D eigenvalue weighted by molar-refractivity contribution is 0.303. The van der Waals surface area contributed by atoms with Crippen molar-refractivity contribution in [3.63, 3.8) is 0 Å². The third kappa shape index (κ3) is 3.91. The summed E-state index contributed by atoms with van der Waals surface area (Å²) in [6.07, 6.45) is 0. The van der Waals surface area contributed by atoms with Crippen molar-refractivity contribution in [2.24, 2.45) is 0 Å². The topological polar surface area (TPSA) is 9.23 Å². The van der Waals surface area contributed by atoms with Crippen molar-refractivity contribution < 1.29 is 13.5 Å². The van der Waals surface area contributed by atoms with Crippen LogP contribution in [0.1, 0.15) is 11.1 Å². The predicted octanol–water partition coefficient (Wildman–Crippen LogP) is 5.05. The molecule has 0 unspecified atom stereocenters. The number of benzene rings is 2. The number of hydrogen-bond donors (Lipinski definition) is 0. The molecule has 2 rings (SSSR count). The maximum atomic E-state index is 13.3. The summed E-state index contributed by atoms with van der Waals surface area (Å²) in [6.45, 7) is 0.214. The van der Waals surface area contributed by atoms with Gasteiger partial charge in [-0.1, -0.05) is 22.0 Å². The zero-order chi connectivity index (χ0) is 13.8. The molecule has 0 saturated carbocycles. The first-order chi connectivity index (χ1) is 9.08. The van der Waals surface area contributed by atoms with Gasteiger partial charge in [0.2, 0.25) is 0 Å². The fourth-order valence-electron chi connectivity index (χ4n) is 1.58. The highest BCUT2D eigenvalue weighted by atomic mass is 79.9. The van der Waals surface area contributed by atoms with Crippen LogP contribution in [-0.2, 0) is 12.5 Å². The minimum absolute atomic E-state index is 0.214. The normalized spacial score (nSPS) is 10.5. The molecule has 0 aliphatic carbocycles. The van der Waals surface area contributed by atoms with Gasteiger partial charge < -0.3 is 4.74 Å². The largest absolute Gasteiger partial charge is 0.489 e. The van der Waals surface area contributed by atoms with Crippen molar-refractivity contribution >= 4 is 27.5 Å². The van der Waals surface area contributed by atoms with Crippen LogP contribution in [0.5, 0.6) is 5.75 Å². The van der Waals surface area contributed by atoms with E-state index >= 15 is 0 Å². The fraction of sp³-hybridized carbons (Fsp3) is 0.143. The Balaban J connectivity index is 2.12. The second-order valence-corrected chi connectivity index (χ2v) is 5.07. The summed E-state index contributed by atoms with van der Waals surface area (Å²) in [5.74, 6) is -0.113. The molecule has 19 heavy (non-hydrogen) atoms. The highest BCUT2D eigenvalue weighted by Gasteiger charge is 2.05. The van der Waals surface area contributed by atoms with Crippen LogP contribution in [0.3, 0.4) is 0 Å². The molecule has 2 aromatic carbocycles. The first-order valence-corrected chi connectivity index (χ1v) is 6.83. The van der Waals surface area contributed by atoms with Crippen molar-refractivity contribution in [3.8, 4) is 5.75 Å². The molecule has 0 aromatic heterocycles. The quantitative estimate of drug-likeness (QED) is 0.704. The molecule has 0 aliphatic heterocycles. The van der Waals surface area contributed by atoms with E-state index in [0.29, 0.717) is 15.8 Å². The van der Waals surface area contributed by atoms with Gasteiger partial charge >= 0.3 is 0 Å². The Morgan fingerprint density at radius 3 is 2.53 bits per heavy atom. The lowest BCUT2D eigenvalue weighted by Gasteiger charge is -2.09. The molecule has 0 amide bonds. The maximum absolute atomic E-state index is 13.3. The van der Waals surface area contributed by atoms with Crippen LogP contribution in [0, 0.1) is 11.6 Å². The van der Waals surface area contributed by atoms with Gasteiger partial charge in [0, 0.05) is 22.0 Å². The molecule has 0 heterocycles. The first kappa shape index (κ1) is 14.3. The van der Waals surface area contributed by atoms with Gasteiger partial charge in [-0.2, -0.15) is 0 Å². The van der Waals surface area contributed by atoms with Crippen LogP contribution in [0.15, 0.2) is 40.9 Å². The summed E-state index contributed by atoms with van der Waals surface area (Å²) in [5.41, 5.74) is 1.42. The standard InChI is InChI=1S/C14H10BrClF2O/c15-14-6-11(17)2-1-10(14)8-19-13-4-9(7-16)3-12(18)5-13/h1-6H,7-8H2. The molecule has 0 aliphatic rings. The van der Waals surface area contributed by atoms with E-state index in [2.05, 4.69) is 15.9 Å². The molecule has 0 N–H and O–H groups in total. The molecule has 0 fully saturated rings. The van der Waals surface area contributed by atoms with Crippen molar-refractivity contribution in [1.82, 2.24) is 0 Å². The summed E-state index contributed by atoms with van der Waals surface area (Å²) >= 11 is 8.91. The lowest BCUT2D eigenvalue weighted by Crippen LogP contribution is -1.98. The Kier molecular flexibility index (Phi) is 4.77. The fourth-order valence-corrected chi connectivity index (χ4v) is 2.20.